The highest BCUT2D eigenvalue weighted by Gasteiger charge is 2.29. The third-order valence-corrected chi connectivity index (χ3v) is 6.17. The van der Waals surface area contributed by atoms with Crippen LogP contribution >= 0.6 is 11.8 Å². The van der Waals surface area contributed by atoms with Crippen LogP contribution in [0.1, 0.15) is 45.6 Å². The molecular weight excluding hydrogens is 348 g/mol. The third-order valence-electron chi connectivity index (χ3n) is 5.09. The normalized spacial score (nSPS) is 21.3. The Morgan fingerprint density at radius 1 is 1.27 bits per heavy atom. The Bertz CT molecular complexity index is 759. The fourth-order valence-electron chi connectivity index (χ4n) is 3.49. The Hall–Kier alpha value is -2.02. The molecule has 140 valence electrons. The number of benzene rings is 1. The minimum Gasteiger partial charge on any atom is -0.497 e. The Morgan fingerprint density at radius 2 is 1.96 bits per heavy atom. The van der Waals surface area contributed by atoms with E-state index in [0.29, 0.717) is 12.0 Å². The number of methoxy groups -OCH3 is 1. The number of ether oxygens (including phenoxy) is 1. The molecule has 1 fully saturated rings. The van der Waals surface area contributed by atoms with Gasteiger partial charge < -0.3 is 10.5 Å². The van der Waals surface area contributed by atoms with E-state index in [4.69, 9.17) is 10.5 Å². The van der Waals surface area contributed by atoms with Crippen molar-refractivity contribution < 1.29 is 9.53 Å². The third kappa shape index (κ3) is 3.87. The topological polar surface area (TPSA) is 83.0 Å². The van der Waals surface area contributed by atoms with Crippen LogP contribution in [0.3, 0.4) is 0 Å². The van der Waals surface area contributed by atoms with Crippen LogP contribution < -0.4 is 10.5 Å². The summed E-state index contributed by atoms with van der Waals surface area (Å²) in [6, 6.07) is 8.19. The summed E-state index contributed by atoms with van der Waals surface area (Å²) in [6.07, 6.45) is 4.75. The van der Waals surface area contributed by atoms with Gasteiger partial charge in [0.1, 0.15) is 5.75 Å². The first-order chi connectivity index (χ1) is 12.5. The van der Waals surface area contributed by atoms with E-state index >= 15 is 0 Å². The van der Waals surface area contributed by atoms with Crippen molar-refractivity contribution in [1.82, 2.24) is 14.8 Å². The minimum absolute atomic E-state index is 0.332. The lowest BCUT2D eigenvalue weighted by atomic mass is 9.85. The molecule has 1 aliphatic carbocycles. The van der Waals surface area contributed by atoms with Crippen molar-refractivity contribution in [3.05, 3.63) is 24.3 Å². The molecule has 0 saturated heterocycles. The number of thioether (sulfide) groups is 1. The minimum atomic E-state index is -0.347. The van der Waals surface area contributed by atoms with E-state index in [2.05, 4.69) is 21.7 Å². The fraction of sp³-hybridized carbons (Fsp3) is 0.526. The zero-order chi connectivity index (χ0) is 18.7. The molecule has 0 spiro atoms. The maximum atomic E-state index is 11.5. The van der Waals surface area contributed by atoms with Gasteiger partial charge in [-0.2, -0.15) is 0 Å². The second kappa shape index (κ2) is 8.12. The van der Waals surface area contributed by atoms with Crippen molar-refractivity contribution >= 4 is 17.7 Å². The zero-order valence-corrected chi connectivity index (χ0v) is 16.3. The summed E-state index contributed by atoms with van der Waals surface area (Å²) in [5.41, 5.74) is 6.45. The van der Waals surface area contributed by atoms with Crippen LogP contribution in [-0.2, 0) is 4.79 Å². The average Bonchev–Trinajstić information content (AvgIpc) is 3.05. The average molecular weight is 375 g/mol. The van der Waals surface area contributed by atoms with E-state index in [1.54, 1.807) is 7.11 Å². The molecule has 26 heavy (non-hydrogen) atoms. The summed E-state index contributed by atoms with van der Waals surface area (Å²) in [5, 5.41) is 9.29. The largest absolute Gasteiger partial charge is 0.497 e. The summed E-state index contributed by atoms with van der Waals surface area (Å²) in [4.78, 5) is 11.5. The number of aromatic nitrogens is 3. The number of nitrogens with two attached hydrogens (primary N) is 1. The summed E-state index contributed by atoms with van der Waals surface area (Å²) in [7, 11) is 1.65. The molecule has 3 atom stereocenters. The molecule has 1 aromatic carbocycles. The number of nitrogens with zero attached hydrogens (tertiary/aromatic N) is 3. The van der Waals surface area contributed by atoms with Gasteiger partial charge in [-0.15, -0.1) is 10.2 Å². The number of primary amides is 1. The van der Waals surface area contributed by atoms with E-state index < -0.39 is 0 Å². The molecule has 7 heteroatoms. The van der Waals surface area contributed by atoms with E-state index in [1.807, 2.05) is 31.2 Å². The van der Waals surface area contributed by atoms with Gasteiger partial charge >= 0.3 is 0 Å². The van der Waals surface area contributed by atoms with Gasteiger partial charge in [-0.3, -0.25) is 9.36 Å². The van der Waals surface area contributed by atoms with Crippen LogP contribution in [0.5, 0.6) is 5.75 Å². The number of amides is 1. The number of hydrogen-bond acceptors (Lipinski definition) is 5. The summed E-state index contributed by atoms with van der Waals surface area (Å²) in [6.45, 7) is 4.09. The van der Waals surface area contributed by atoms with E-state index in [1.165, 1.54) is 31.0 Å². The highest BCUT2D eigenvalue weighted by molar-refractivity contribution is 8.00. The van der Waals surface area contributed by atoms with Crippen LogP contribution in [-0.4, -0.2) is 33.0 Å². The van der Waals surface area contributed by atoms with Crippen molar-refractivity contribution in [2.24, 2.45) is 11.7 Å². The maximum Gasteiger partial charge on any atom is 0.230 e. The lowest BCUT2D eigenvalue weighted by molar-refractivity contribution is -0.117. The van der Waals surface area contributed by atoms with Gasteiger partial charge in [0.15, 0.2) is 11.0 Å². The second-order valence-corrected chi connectivity index (χ2v) is 8.20. The standard InChI is InChI=1S/C19H26N4O2S/c1-12-6-4-5-7-16(12)23-18(14-8-10-15(25-3)11-9-14)21-22-19(23)26-13(2)17(20)24/h8-13,16H,4-7H2,1-3H3,(H2,20,24)/t12-,13+,16-/m1/s1. The molecule has 0 radical (unpaired) electrons. The van der Waals surface area contributed by atoms with Gasteiger partial charge in [0.2, 0.25) is 5.91 Å². The number of hydrogen-bond donors (Lipinski definition) is 1. The Balaban J connectivity index is 2.02. The van der Waals surface area contributed by atoms with Crippen molar-refractivity contribution in [2.45, 2.75) is 56.0 Å². The van der Waals surface area contributed by atoms with Crippen molar-refractivity contribution in [2.75, 3.05) is 7.11 Å². The Labute approximate surface area is 158 Å². The molecular formula is C19H26N4O2S. The van der Waals surface area contributed by atoms with Gasteiger partial charge in [-0.05, 0) is 49.9 Å². The number of carbonyl (C=O) groups is 1. The predicted molar refractivity (Wildman–Crippen MR) is 103 cm³/mol. The van der Waals surface area contributed by atoms with E-state index in [-0.39, 0.29) is 11.2 Å². The lowest BCUT2D eigenvalue weighted by Crippen LogP contribution is -2.25. The van der Waals surface area contributed by atoms with Crippen LogP contribution in [0.4, 0.5) is 0 Å². The monoisotopic (exact) mass is 374 g/mol. The molecule has 3 rings (SSSR count). The van der Waals surface area contributed by atoms with E-state index in [0.717, 1.165) is 28.7 Å². The van der Waals surface area contributed by atoms with Gasteiger partial charge in [0.05, 0.1) is 12.4 Å². The molecule has 2 aromatic rings. The van der Waals surface area contributed by atoms with Crippen LogP contribution in [0.25, 0.3) is 11.4 Å². The molecule has 2 N–H and O–H groups in total. The van der Waals surface area contributed by atoms with Crippen LogP contribution in [0.15, 0.2) is 29.4 Å². The highest BCUT2D eigenvalue weighted by Crippen LogP contribution is 2.39. The summed E-state index contributed by atoms with van der Waals surface area (Å²) >= 11 is 1.39. The smallest absolute Gasteiger partial charge is 0.230 e. The van der Waals surface area contributed by atoms with Crippen molar-refractivity contribution in [3.63, 3.8) is 0 Å². The Kier molecular flexibility index (Phi) is 5.86. The Morgan fingerprint density at radius 3 is 2.58 bits per heavy atom. The molecule has 0 unspecified atom stereocenters. The molecule has 1 saturated carbocycles. The van der Waals surface area contributed by atoms with Gasteiger partial charge in [-0.1, -0.05) is 31.5 Å². The SMILES string of the molecule is COc1ccc(-c2nnc(S[C@@H](C)C(N)=O)n2[C@@H]2CCCC[C@H]2C)cc1. The molecule has 1 amide bonds. The number of carbonyl (C=O) groups excluding carboxylic acids is 1. The summed E-state index contributed by atoms with van der Waals surface area (Å²) in [5.74, 6) is 1.85. The highest BCUT2D eigenvalue weighted by atomic mass is 32.2. The first kappa shape index (κ1) is 18.8. The van der Waals surface area contributed by atoms with Crippen molar-refractivity contribution in [1.29, 1.82) is 0 Å². The molecule has 0 bridgehead atoms. The second-order valence-electron chi connectivity index (χ2n) is 6.90. The first-order valence-corrected chi connectivity index (χ1v) is 9.94. The van der Waals surface area contributed by atoms with Gasteiger partial charge in [0, 0.05) is 11.6 Å². The van der Waals surface area contributed by atoms with Crippen molar-refractivity contribution in [3.8, 4) is 17.1 Å². The van der Waals surface area contributed by atoms with Crippen LogP contribution in [0, 0.1) is 5.92 Å². The maximum absolute atomic E-state index is 11.5. The summed E-state index contributed by atoms with van der Waals surface area (Å²) < 4.78 is 7.47. The molecule has 6 nitrogen and oxygen atoms in total. The lowest BCUT2D eigenvalue weighted by Gasteiger charge is -2.31. The molecule has 0 aliphatic heterocycles. The predicted octanol–water partition coefficient (Wildman–Crippen LogP) is 3.67. The van der Waals surface area contributed by atoms with Gasteiger partial charge in [-0.25, -0.2) is 0 Å². The molecule has 1 aliphatic rings. The first-order valence-electron chi connectivity index (χ1n) is 9.06. The van der Waals surface area contributed by atoms with Gasteiger partial charge in [0.25, 0.3) is 0 Å². The molecule has 1 heterocycles. The van der Waals surface area contributed by atoms with E-state index in [9.17, 15) is 4.79 Å². The quantitative estimate of drug-likeness (QED) is 0.780. The molecule has 1 aromatic heterocycles. The fourth-order valence-corrected chi connectivity index (χ4v) is 4.35. The zero-order valence-electron chi connectivity index (χ0n) is 15.5. The van der Waals surface area contributed by atoms with Crippen LogP contribution in [0.2, 0.25) is 0 Å². The number of rotatable bonds is 6.